The number of methoxy groups -OCH3 is 2. The molecule has 0 fully saturated rings. The minimum atomic E-state index is -1.17. The summed E-state index contributed by atoms with van der Waals surface area (Å²) in [5.74, 6) is -2.31. The Hall–Kier alpha value is -1.88. The fraction of sp³-hybridized carbons (Fsp3) is 0.200. The van der Waals surface area contributed by atoms with E-state index in [1.54, 1.807) is 0 Å². The molecule has 0 heterocycles. The number of hydrogen-bond donors (Lipinski definition) is 0. The van der Waals surface area contributed by atoms with Crippen LogP contribution in [0.1, 0.15) is 16.5 Å². The molecular weight excluding hydrogens is 305 g/mol. The van der Waals surface area contributed by atoms with Gasteiger partial charge in [0.15, 0.2) is 11.6 Å². The number of ether oxygens (including phenoxy) is 2. The van der Waals surface area contributed by atoms with Crippen molar-refractivity contribution >= 4 is 11.6 Å². The number of alkyl halides is 1. The van der Waals surface area contributed by atoms with Crippen molar-refractivity contribution in [2.45, 2.75) is 5.38 Å². The predicted octanol–water partition coefficient (Wildman–Crippen LogP) is 4.45. The van der Waals surface area contributed by atoms with Gasteiger partial charge < -0.3 is 9.47 Å². The highest BCUT2D eigenvalue weighted by Gasteiger charge is 2.22. The largest absolute Gasteiger partial charge is 0.497 e. The Morgan fingerprint density at radius 1 is 0.905 bits per heavy atom. The second kappa shape index (κ2) is 6.26. The van der Waals surface area contributed by atoms with E-state index >= 15 is 0 Å². The zero-order valence-electron chi connectivity index (χ0n) is 11.3. The summed E-state index contributed by atoms with van der Waals surface area (Å²) < 4.78 is 51.1. The van der Waals surface area contributed by atoms with Gasteiger partial charge in [-0.15, -0.1) is 11.6 Å². The molecule has 0 aliphatic rings. The van der Waals surface area contributed by atoms with Gasteiger partial charge in [0.05, 0.1) is 19.6 Å². The molecule has 6 heteroatoms. The molecule has 0 aliphatic carbocycles. The van der Waals surface area contributed by atoms with Gasteiger partial charge in [-0.2, -0.15) is 0 Å². The zero-order valence-corrected chi connectivity index (χ0v) is 12.0. The van der Waals surface area contributed by atoms with Crippen LogP contribution in [0.15, 0.2) is 30.3 Å². The lowest BCUT2D eigenvalue weighted by Gasteiger charge is -2.14. The van der Waals surface area contributed by atoms with Crippen LogP contribution in [0.4, 0.5) is 13.2 Å². The molecule has 0 N–H and O–H groups in total. The van der Waals surface area contributed by atoms with Crippen LogP contribution in [0.3, 0.4) is 0 Å². The number of hydrogen-bond acceptors (Lipinski definition) is 2. The first-order valence-corrected chi connectivity index (χ1v) is 6.42. The van der Waals surface area contributed by atoms with Gasteiger partial charge in [-0.3, -0.25) is 0 Å². The van der Waals surface area contributed by atoms with Gasteiger partial charge in [-0.25, -0.2) is 13.2 Å². The summed E-state index contributed by atoms with van der Waals surface area (Å²) in [7, 11) is 2.62. The number of benzene rings is 2. The van der Waals surface area contributed by atoms with Crippen LogP contribution in [-0.2, 0) is 0 Å². The molecule has 0 saturated heterocycles. The van der Waals surface area contributed by atoms with Crippen molar-refractivity contribution < 1.29 is 22.6 Å². The van der Waals surface area contributed by atoms with Crippen molar-refractivity contribution in [1.82, 2.24) is 0 Å². The second-order valence-corrected chi connectivity index (χ2v) is 4.70. The van der Waals surface area contributed by atoms with Gasteiger partial charge in [-0.1, -0.05) is 6.07 Å². The van der Waals surface area contributed by atoms with Gasteiger partial charge in [0.2, 0.25) is 0 Å². The SMILES string of the molecule is COc1cc(F)c(C(Cl)c2ccc(OC)c(F)c2)c(F)c1. The topological polar surface area (TPSA) is 18.5 Å². The predicted molar refractivity (Wildman–Crippen MR) is 73.6 cm³/mol. The smallest absolute Gasteiger partial charge is 0.165 e. The third kappa shape index (κ3) is 3.08. The molecule has 2 nitrogen and oxygen atoms in total. The molecule has 112 valence electrons. The molecule has 0 aliphatic heterocycles. The molecule has 2 aromatic carbocycles. The van der Waals surface area contributed by atoms with E-state index in [1.165, 1.54) is 26.4 Å². The highest BCUT2D eigenvalue weighted by molar-refractivity contribution is 6.22. The van der Waals surface area contributed by atoms with Crippen molar-refractivity contribution in [3.05, 3.63) is 58.9 Å². The van der Waals surface area contributed by atoms with E-state index in [4.69, 9.17) is 21.1 Å². The van der Waals surface area contributed by atoms with Crippen LogP contribution in [0, 0.1) is 17.5 Å². The summed E-state index contributed by atoms with van der Waals surface area (Å²) in [6, 6.07) is 5.92. The van der Waals surface area contributed by atoms with E-state index in [9.17, 15) is 13.2 Å². The Balaban J connectivity index is 2.44. The van der Waals surface area contributed by atoms with Crippen LogP contribution < -0.4 is 9.47 Å². The summed E-state index contributed by atoms with van der Waals surface area (Å²) >= 11 is 6.08. The van der Waals surface area contributed by atoms with Gasteiger partial charge >= 0.3 is 0 Å². The van der Waals surface area contributed by atoms with E-state index < -0.39 is 22.8 Å². The highest BCUT2D eigenvalue weighted by Crippen LogP contribution is 2.35. The quantitative estimate of drug-likeness (QED) is 0.776. The third-order valence-electron chi connectivity index (χ3n) is 3.01. The zero-order chi connectivity index (χ0) is 15.6. The standard InChI is InChI=1S/C15H12ClF3O2/c1-20-9-6-11(18)14(12(19)7-9)15(16)8-3-4-13(21-2)10(17)5-8/h3-7,15H,1-2H3. The maximum Gasteiger partial charge on any atom is 0.165 e. The average Bonchev–Trinajstić information content (AvgIpc) is 2.46. The lowest BCUT2D eigenvalue weighted by atomic mass is 10.0. The number of halogens is 4. The molecule has 0 aromatic heterocycles. The Morgan fingerprint density at radius 2 is 1.52 bits per heavy atom. The molecule has 21 heavy (non-hydrogen) atoms. The van der Waals surface area contributed by atoms with E-state index in [1.807, 2.05) is 0 Å². The Morgan fingerprint density at radius 3 is 2.00 bits per heavy atom. The summed E-state index contributed by atoms with van der Waals surface area (Å²) in [4.78, 5) is 0. The van der Waals surface area contributed by atoms with Gasteiger partial charge in [0, 0.05) is 17.7 Å². The monoisotopic (exact) mass is 316 g/mol. The fourth-order valence-electron chi connectivity index (χ4n) is 1.93. The van der Waals surface area contributed by atoms with Gasteiger partial charge in [-0.05, 0) is 17.7 Å². The molecule has 0 spiro atoms. The summed E-state index contributed by atoms with van der Waals surface area (Å²) in [5.41, 5.74) is -0.139. The molecule has 2 aromatic rings. The molecule has 0 saturated carbocycles. The molecule has 0 radical (unpaired) electrons. The average molecular weight is 317 g/mol. The lowest BCUT2D eigenvalue weighted by molar-refractivity contribution is 0.386. The minimum Gasteiger partial charge on any atom is -0.497 e. The molecular formula is C15H12ClF3O2. The lowest BCUT2D eigenvalue weighted by Crippen LogP contribution is -2.03. The fourth-order valence-corrected chi connectivity index (χ4v) is 2.27. The number of rotatable bonds is 4. The summed E-state index contributed by atoms with van der Waals surface area (Å²) in [6.45, 7) is 0. The normalized spacial score (nSPS) is 12.1. The van der Waals surface area contributed by atoms with Crippen molar-refractivity contribution in [3.63, 3.8) is 0 Å². The molecule has 0 amide bonds. The van der Waals surface area contributed by atoms with Crippen LogP contribution in [-0.4, -0.2) is 14.2 Å². The van der Waals surface area contributed by atoms with E-state index in [-0.39, 0.29) is 22.6 Å². The van der Waals surface area contributed by atoms with Gasteiger partial charge in [0.25, 0.3) is 0 Å². The molecule has 1 unspecified atom stereocenters. The first-order valence-electron chi connectivity index (χ1n) is 5.98. The highest BCUT2D eigenvalue weighted by atomic mass is 35.5. The van der Waals surface area contributed by atoms with Crippen molar-refractivity contribution in [3.8, 4) is 11.5 Å². The van der Waals surface area contributed by atoms with Crippen LogP contribution in [0.25, 0.3) is 0 Å². The van der Waals surface area contributed by atoms with Crippen molar-refractivity contribution in [1.29, 1.82) is 0 Å². The van der Waals surface area contributed by atoms with Crippen LogP contribution >= 0.6 is 11.6 Å². The molecule has 1 atom stereocenters. The van der Waals surface area contributed by atoms with Gasteiger partial charge in [0.1, 0.15) is 17.4 Å². The van der Waals surface area contributed by atoms with Crippen molar-refractivity contribution in [2.24, 2.45) is 0 Å². The molecule has 2 rings (SSSR count). The van der Waals surface area contributed by atoms with Crippen LogP contribution in [0.5, 0.6) is 11.5 Å². The minimum absolute atomic E-state index is 0.0262. The summed E-state index contributed by atoms with van der Waals surface area (Å²) in [6.07, 6.45) is 0. The van der Waals surface area contributed by atoms with Crippen molar-refractivity contribution in [2.75, 3.05) is 14.2 Å². The second-order valence-electron chi connectivity index (χ2n) is 4.26. The Bertz CT molecular complexity index is 638. The Labute approximate surface area is 125 Å². The third-order valence-corrected chi connectivity index (χ3v) is 3.48. The molecule has 0 bridgehead atoms. The maximum atomic E-state index is 14.0. The van der Waals surface area contributed by atoms with E-state index in [0.29, 0.717) is 0 Å². The first-order chi connectivity index (χ1) is 9.97. The Kier molecular flexibility index (Phi) is 4.63. The van der Waals surface area contributed by atoms with Crippen LogP contribution in [0.2, 0.25) is 0 Å². The first kappa shape index (κ1) is 15.5. The van der Waals surface area contributed by atoms with E-state index in [2.05, 4.69) is 0 Å². The summed E-state index contributed by atoms with van der Waals surface area (Å²) in [5, 5.41) is -1.17. The van der Waals surface area contributed by atoms with E-state index in [0.717, 1.165) is 18.2 Å². The maximum absolute atomic E-state index is 14.0.